The second kappa shape index (κ2) is 7.48. The number of amides is 1. The number of benzene rings is 1. The smallest absolute Gasteiger partial charge is 0.261 e. The van der Waals surface area contributed by atoms with E-state index in [1.54, 1.807) is 37.4 Å². The third-order valence-electron chi connectivity index (χ3n) is 3.49. The van der Waals surface area contributed by atoms with E-state index in [1.807, 2.05) is 19.1 Å². The largest absolute Gasteiger partial charge is 0.492 e. The Morgan fingerprint density at radius 2 is 2.16 bits per heavy atom. The summed E-state index contributed by atoms with van der Waals surface area (Å²) in [6, 6.07) is 10.8. The molecule has 1 N–H and O–H groups in total. The van der Waals surface area contributed by atoms with Crippen molar-refractivity contribution in [3.8, 4) is 17.1 Å². The van der Waals surface area contributed by atoms with Crippen molar-refractivity contribution in [2.45, 2.75) is 13.8 Å². The van der Waals surface area contributed by atoms with Crippen LogP contribution < -0.4 is 10.1 Å². The highest BCUT2D eigenvalue weighted by atomic mass is 79.9. The van der Waals surface area contributed by atoms with Crippen molar-refractivity contribution in [1.29, 1.82) is 0 Å². The zero-order valence-corrected chi connectivity index (χ0v) is 15.3. The lowest BCUT2D eigenvalue weighted by Gasteiger charge is -2.12. The molecule has 0 atom stereocenters. The zero-order chi connectivity index (χ0) is 17.8. The molecule has 6 nitrogen and oxygen atoms in total. The molecule has 1 amide bonds. The first-order valence-electron chi connectivity index (χ1n) is 7.71. The van der Waals surface area contributed by atoms with E-state index in [0.29, 0.717) is 40.8 Å². The molecule has 7 heteroatoms. The maximum atomic E-state index is 12.8. The highest BCUT2D eigenvalue weighted by molar-refractivity contribution is 9.10. The summed E-state index contributed by atoms with van der Waals surface area (Å²) in [6.07, 6.45) is 1.64. The van der Waals surface area contributed by atoms with E-state index in [2.05, 4.69) is 31.4 Å². The summed E-state index contributed by atoms with van der Waals surface area (Å²) in [4.78, 5) is 17.1. The van der Waals surface area contributed by atoms with E-state index < -0.39 is 0 Å². The summed E-state index contributed by atoms with van der Waals surface area (Å²) in [5.41, 5.74) is 1.91. The number of rotatable bonds is 5. The predicted octanol–water partition coefficient (Wildman–Crippen LogP) is 4.46. The van der Waals surface area contributed by atoms with Crippen LogP contribution in [0.1, 0.15) is 23.0 Å². The first-order chi connectivity index (χ1) is 12.1. The van der Waals surface area contributed by atoms with Crippen LogP contribution in [0.5, 0.6) is 5.75 Å². The molecule has 3 rings (SSSR count). The van der Waals surface area contributed by atoms with Crippen molar-refractivity contribution >= 4 is 27.5 Å². The van der Waals surface area contributed by atoms with Crippen LogP contribution in [0.3, 0.4) is 0 Å². The van der Waals surface area contributed by atoms with E-state index in [4.69, 9.17) is 9.26 Å². The van der Waals surface area contributed by atoms with Crippen LogP contribution in [0.25, 0.3) is 11.4 Å². The maximum Gasteiger partial charge on any atom is 0.261 e. The van der Waals surface area contributed by atoms with E-state index in [0.717, 1.165) is 4.47 Å². The fraction of sp³-hybridized carbons (Fsp3) is 0.167. The van der Waals surface area contributed by atoms with Gasteiger partial charge < -0.3 is 14.6 Å². The Morgan fingerprint density at radius 1 is 1.32 bits per heavy atom. The molecule has 0 unspecified atom stereocenters. The Balaban J connectivity index is 1.94. The van der Waals surface area contributed by atoms with Crippen LogP contribution in [0.15, 0.2) is 51.6 Å². The average Bonchev–Trinajstić information content (AvgIpc) is 3.00. The molecular weight excluding hydrogens is 386 g/mol. The lowest BCUT2D eigenvalue weighted by molar-refractivity contribution is 0.102. The fourth-order valence-corrected chi connectivity index (χ4v) is 2.72. The average molecular weight is 402 g/mol. The van der Waals surface area contributed by atoms with Crippen LogP contribution in [-0.4, -0.2) is 22.7 Å². The number of nitrogens with one attached hydrogen (secondary N) is 1. The molecule has 25 heavy (non-hydrogen) atoms. The number of pyridine rings is 1. The van der Waals surface area contributed by atoms with Gasteiger partial charge in [0.2, 0.25) is 0 Å². The molecule has 128 valence electrons. The SMILES string of the molecule is CCOc1cc(Br)ccc1NC(=O)c1c(-c2ccccn2)noc1C. The lowest BCUT2D eigenvalue weighted by Crippen LogP contribution is -2.14. The van der Waals surface area contributed by atoms with Gasteiger partial charge in [-0.25, -0.2) is 0 Å². The molecule has 0 radical (unpaired) electrons. The Labute approximate surface area is 153 Å². The van der Waals surface area contributed by atoms with Crippen molar-refractivity contribution in [3.05, 3.63) is 58.4 Å². The minimum atomic E-state index is -0.331. The Hall–Kier alpha value is -2.67. The number of hydrogen-bond donors (Lipinski definition) is 1. The second-order valence-corrected chi connectivity index (χ2v) is 6.12. The van der Waals surface area contributed by atoms with Gasteiger partial charge in [0.1, 0.15) is 22.8 Å². The van der Waals surface area contributed by atoms with Crippen molar-refractivity contribution in [2.24, 2.45) is 0 Å². The zero-order valence-electron chi connectivity index (χ0n) is 13.7. The maximum absolute atomic E-state index is 12.8. The first-order valence-corrected chi connectivity index (χ1v) is 8.50. The number of nitrogens with zero attached hydrogens (tertiary/aromatic N) is 2. The fourth-order valence-electron chi connectivity index (χ4n) is 2.38. The van der Waals surface area contributed by atoms with E-state index >= 15 is 0 Å². The normalized spacial score (nSPS) is 10.5. The summed E-state index contributed by atoms with van der Waals surface area (Å²) in [5.74, 6) is 0.676. The third kappa shape index (κ3) is 3.71. The number of anilines is 1. The molecule has 0 saturated carbocycles. The monoisotopic (exact) mass is 401 g/mol. The summed E-state index contributed by atoms with van der Waals surface area (Å²) in [6.45, 7) is 4.07. The highest BCUT2D eigenvalue weighted by Crippen LogP contribution is 2.30. The van der Waals surface area contributed by atoms with Crippen LogP contribution >= 0.6 is 15.9 Å². The summed E-state index contributed by atoms with van der Waals surface area (Å²) >= 11 is 3.40. The lowest BCUT2D eigenvalue weighted by atomic mass is 10.1. The van der Waals surface area contributed by atoms with Gasteiger partial charge in [-0.05, 0) is 44.2 Å². The summed E-state index contributed by atoms with van der Waals surface area (Å²) in [5, 5.41) is 6.85. The molecule has 0 fully saturated rings. The molecule has 2 heterocycles. The molecule has 3 aromatic rings. The Kier molecular flexibility index (Phi) is 5.14. The van der Waals surface area contributed by atoms with E-state index in [-0.39, 0.29) is 5.91 Å². The molecular formula is C18H16BrN3O3. The third-order valence-corrected chi connectivity index (χ3v) is 3.98. The van der Waals surface area contributed by atoms with Gasteiger partial charge in [-0.3, -0.25) is 9.78 Å². The van der Waals surface area contributed by atoms with Crippen molar-refractivity contribution in [3.63, 3.8) is 0 Å². The van der Waals surface area contributed by atoms with Gasteiger partial charge in [-0.15, -0.1) is 0 Å². The van der Waals surface area contributed by atoms with Crippen LogP contribution in [0, 0.1) is 6.92 Å². The van der Waals surface area contributed by atoms with Crippen molar-refractivity contribution < 1.29 is 14.1 Å². The second-order valence-electron chi connectivity index (χ2n) is 5.20. The molecule has 2 aromatic heterocycles. The predicted molar refractivity (Wildman–Crippen MR) is 97.7 cm³/mol. The molecule has 0 aliphatic heterocycles. The molecule has 0 saturated heterocycles. The van der Waals surface area contributed by atoms with Gasteiger partial charge in [0.05, 0.1) is 18.0 Å². The van der Waals surface area contributed by atoms with Crippen molar-refractivity contribution in [1.82, 2.24) is 10.1 Å². The quantitative estimate of drug-likeness (QED) is 0.682. The molecule has 1 aromatic carbocycles. The van der Waals surface area contributed by atoms with Gasteiger partial charge in [0, 0.05) is 10.7 Å². The minimum absolute atomic E-state index is 0.331. The number of carbonyl (C=O) groups is 1. The van der Waals surface area contributed by atoms with Gasteiger partial charge in [0.25, 0.3) is 5.91 Å². The molecule has 0 bridgehead atoms. The molecule has 0 aliphatic rings. The van der Waals surface area contributed by atoms with E-state index in [1.165, 1.54) is 0 Å². The Bertz CT molecular complexity index is 894. The number of aryl methyl sites for hydroxylation is 1. The van der Waals surface area contributed by atoms with Crippen LogP contribution in [-0.2, 0) is 0 Å². The number of ether oxygens (including phenoxy) is 1. The Morgan fingerprint density at radius 3 is 2.88 bits per heavy atom. The van der Waals surface area contributed by atoms with Crippen LogP contribution in [0.4, 0.5) is 5.69 Å². The van der Waals surface area contributed by atoms with Gasteiger partial charge >= 0.3 is 0 Å². The summed E-state index contributed by atoms with van der Waals surface area (Å²) < 4.78 is 11.7. The minimum Gasteiger partial charge on any atom is -0.492 e. The number of halogens is 1. The number of carbonyl (C=O) groups excluding carboxylic acids is 1. The number of hydrogen-bond acceptors (Lipinski definition) is 5. The highest BCUT2D eigenvalue weighted by Gasteiger charge is 2.23. The molecule has 0 aliphatic carbocycles. The van der Waals surface area contributed by atoms with Gasteiger partial charge in [-0.2, -0.15) is 0 Å². The van der Waals surface area contributed by atoms with Crippen molar-refractivity contribution in [2.75, 3.05) is 11.9 Å². The topological polar surface area (TPSA) is 77.2 Å². The standard InChI is InChI=1S/C18H16BrN3O3/c1-3-24-15-10-12(19)7-8-13(15)21-18(23)16-11(2)25-22-17(16)14-6-4-5-9-20-14/h4-10H,3H2,1-2H3,(H,21,23). The number of aromatic nitrogens is 2. The first kappa shape index (κ1) is 17.2. The van der Waals surface area contributed by atoms with Crippen LogP contribution in [0.2, 0.25) is 0 Å². The van der Waals surface area contributed by atoms with Gasteiger partial charge in [-0.1, -0.05) is 27.2 Å². The van der Waals surface area contributed by atoms with Gasteiger partial charge in [0.15, 0.2) is 0 Å². The van der Waals surface area contributed by atoms with E-state index in [9.17, 15) is 4.79 Å². The molecule has 0 spiro atoms. The summed E-state index contributed by atoms with van der Waals surface area (Å²) in [7, 11) is 0.